The summed E-state index contributed by atoms with van der Waals surface area (Å²) >= 11 is 1.12. The molecule has 4 nitrogen and oxygen atoms in total. The van der Waals surface area contributed by atoms with Gasteiger partial charge in [-0.3, -0.25) is 0 Å². The molecule has 5 heteroatoms. The molecule has 82 valence electrons. The average molecular weight is 235 g/mol. The van der Waals surface area contributed by atoms with Crippen molar-refractivity contribution in [1.82, 2.24) is 4.98 Å². The van der Waals surface area contributed by atoms with Gasteiger partial charge in [-0.25, -0.2) is 9.78 Å². The monoisotopic (exact) mass is 235 g/mol. The first-order valence-electron chi connectivity index (χ1n) is 4.61. The van der Waals surface area contributed by atoms with Crippen molar-refractivity contribution < 1.29 is 14.6 Å². The van der Waals surface area contributed by atoms with Gasteiger partial charge in [0.1, 0.15) is 12.4 Å². The molecule has 1 heterocycles. The Balaban J connectivity index is 1.97. The topological polar surface area (TPSA) is 59.4 Å². The molecule has 0 amide bonds. The number of nitrogens with zero attached hydrogens (tertiary/aromatic N) is 1. The Labute approximate surface area is 96.1 Å². The predicted molar refractivity (Wildman–Crippen MR) is 59.8 cm³/mol. The number of benzene rings is 1. The zero-order valence-corrected chi connectivity index (χ0v) is 9.11. The highest BCUT2D eigenvalue weighted by Gasteiger charge is 2.08. The van der Waals surface area contributed by atoms with Gasteiger partial charge in [0.2, 0.25) is 5.01 Å². The van der Waals surface area contributed by atoms with Gasteiger partial charge in [0.15, 0.2) is 0 Å². The van der Waals surface area contributed by atoms with Crippen LogP contribution in [0.3, 0.4) is 0 Å². The van der Waals surface area contributed by atoms with Gasteiger partial charge in [0.25, 0.3) is 0 Å². The number of hydrogen-bond donors (Lipinski definition) is 1. The normalized spacial score (nSPS) is 10.0. The van der Waals surface area contributed by atoms with Crippen molar-refractivity contribution in [3.8, 4) is 5.75 Å². The van der Waals surface area contributed by atoms with Crippen LogP contribution in [-0.4, -0.2) is 16.1 Å². The Hall–Kier alpha value is -1.88. The van der Waals surface area contributed by atoms with Crippen molar-refractivity contribution in [1.29, 1.82) is 0 Å². The fraction of sp³-hybridized carbons (Fsp3) is 0.0909. The van der Waals surface area contributed by atoms with E-state index < -0.39 is 5.97 Å². The molecule has 1 N–H and O–H groups in total. The second-order valence-electron chi connectivity index (χ2n) is 3.04. The molecule has 0 fully saturated rings. The second-order valence-corrected chi connectivity index (χ2v) is 4.15. The minimum absolute atomic E-state index is 0.0895. The van der Waals surface area contributed by atoms with Crippen LogP contribution >= 0.6 is 11.3 Å². The summed E-state index contributed by atoms with van der Waals surface area (Å²) in [7, 11) is 0. The molecule has 2 aromatic rings. The number of thiazole rings is 1. The van der Waals surface area contributed by atoms with Crippen LogP contribution in [-0.2, 0) is 6.61 Å². The third-order valence-electron chi connectivity index (χ3n) is 1.86. The lowest BCUT2D eigenvalue weighted by atomic mass is 10.3. The fourth-order valence-corrected chi connectivity index (χ4v) is 1.81. The number of carboxylic acid groups (broad SMARTS) is 1. The number of hydrogen-bond acceptors (Lipinski definition) is 4. The molecule has 0 spiro atoms. The molecule has 0 atom stereocenters. The summed E-state index contributed by atoms with van der Waals surface area (Å²) in [6, 6.07) is 9.36. The molecular formula is C11H9NO3S. The molecule has 0 aliphatic rings. The van der Waals surface area contributed by atoms with E-state index in [1.165, 1.54) is 6.20 Å². The zero-order valence-electron chi connectivity index (χ0n) is 8.29. The molecular weight excluding hydrogens is 226 g/mol. The molecule has 0 bridgehead atoms. The lowest BCUT2D eigenvalue weighted by Crippen LogP contribution is -1.93. The fourth-order valence-electron chi connectivity index (χ4n) is 1.14. The summed E-state index contributed by atoms with van der Waals surface area (Å²) in [6.45, 7) is 0.342. The van der Waals surface area contributed by atoms with Crippen LogP contribution in [0.25, 0.3) is 0 Å². The molecule has 0 saturated carbocycles. The van der Waals surface area contributed by atoms with Crippen LogP contribution in [0, 0.1) is 0 Å². The SMILES string of the molecule is O=C(O)c1ncc(COc2ccccc2)s1. The van der Waals surface area contributed by atoms with E-state index in [9.17, 15) is 4.79 Å². The van der Waals surface area contributed by atoms with Gasteiger partial charge >= 0.3 is 5.97 Å². The van der Waals surface area contributed by atoms with E-state index in [2.05, 4.69) is 4.98 Å². The molecule has 0 aliphatic carbocycles. The number of aromatic carboxylic acids is 1. The Morgan fingerprint density at radius 3 is 2.75 bits per heavy atom. The van der Waals surface area contributed by atoms with E-state index >= 15 is 0 Å². The highest BCUT2D eigenvalue weighted by atomic mass is 32.1. The Bertz CT molecular complexity index is 481. The molecule has 0 unspecified atom stereocenters. The Morgan fingerprint density at radius 2 is 2.12 bits per heavy atom. The first-order chi connectivity index (χ1) is 7.75. The molecule has 0 radical (unpaired) electrons. The highest BCUT2D eigenvalue weighted by Crippen LogP contribution is 2.16. The smallest absolute Gasteiger partial charge is 0.365 e. The molecule has 16 heavy (non-hydrogen) atoms. The van der Waals surface area contributed by atoms with Crippen LogP contribution in [0.4, 0.5) is 0 Å². The van der Waals surface area contributed by atoms with Crippen molar-refractivity contribution in [2.45, 2.75) is 6.61 Å². The quantitative estimate of drug-likeness (QED) is 0.884. The Kier molecular flexibility index (Phi) is 3.16. The number of carboxylic acids is 1. The van der Waals surface area contributed by atoms with E-state index in [-0.39, 0.29) is 5.01 Å². The highest BCUT2D eigenvalue weighted by molar-refractivity contribution is 7.13. The van der Waals surface area contributed by atoms with Gasteiger partial charge in [-0.15, -0.1) is 11.3 Å². The molecule has 1 aromatic carbocycles. The van der Waals surface area contributed by atoms with Crippen LogP contribution in [0.15, 0.2) is 36.5 Å². The van der Waals surface area contributed by atoms with Crippen molar-refractivity contribution in [2.75, 3.05) is 0 Å². The molecule has 1 aromatic heterocycles. The standard InChI is InChI=1S/C11H9NO3S/c13-11(14)10-12-6-9(16-10)7-15-8-4-2-1-3-5-8/h1-6H,7H2,(H,13,14). The molecule has 0 saturated heterocycles. The van der Waals surface area contributed by atoms with E-state index in [1.807, 2.05) is 30.3 Å². The first-order valence-corrected chi connectivity index (χ1v) is 5.43. The summed E-state index contributed by atoms with van der Waals surface area (Å²) in [5, 5.41) is 8.78. The first kappa shape index (κ1) is 10.6. The predicted octanol–water partition coefficient (Wildman–Crippen LogP) is 2.42. The van der Waals surface area contributed by atoms with Crippen molar-refractivity contribution in [2.24, 2.45) is 0 Å². The number of aromatic nitrogens is 1. The third kappa shape index (κ3) is 2.58. The molecule has 0 aliphatic heterocycles. The Morgan fingerprint density at radius 1 is 1.38 bits per heavy atom. The second kappa shape index (κ2) is 4.76. The van der Waals surface area contributed by atoms with Gasteiger partial charge in [0, 0.05) is 6.20 Å². The van der Waals surface area contributed by atoms with Crippen LogP contribution in [0.1, 0.15) is 14.7 Å². The summed E-state index contributed by atoms with van der Waals surface area (Å²) in [5.74, 6) is -0.247. The lowest BCUT2D eigenvalue weighted by molar-refractivity contribution is 0.0696. The van der Waals surface area contributed by atoms with Crippen molar-refractivity contribution in [3.63, 3.8) is 0 Å². The maximum atomic E-state index is 10.6. The van der Waals surface area contributed by atoms with E-state index in [1.54, 1.807) is 0 Å². The summed E-state index contributed by atoms with van der Waals surface area (Å²) < 4.78 is 5.46. The van der Waals surface area contributed by atoms with E-state index in [0.717, 1.165) is 22.0 Å². The zero-order chi connectivity index (χ0) is 11.4. The summed E-state index contributed by atoms with van der Waals surface area (Å²) in [4.78, 5) is 15.2. The largest absolute Gasteiger partial charge is 0.488 e. The number of ether oxygens (including phenoxy) is 1. The summed E-state index contributed by atoms with van der Waals surface area (Å²) in [5.41, 5.74) is 0. The van der Waals surface area contributed by atoms with Gasteiger partial charge in [0.05, 0.1) is 4.88 Å². The maximum Gasteiger partial charge on any atom is 0.365 e. The number of rotatable bonds is 4. The van der Waals surface area contributed by atoms with Crippen LogP contribution in [0.2, 0.25) is 0 Å². The van der Waals surface area contributed by atoms with Gasteiger partial charge in [-0.2, -0.15) is 0 Å². The van der Waals surface area contributed by atoms with E-state index in [0.29, 0.717) is 6.61 Å². The van der Waals surface area contributed by atoms with Gasteiger partial charge in [-0.1, -0.05) is 18.2 Å². The van der Waals surface area contributed by atoms with Crippen molar-refractivity contribution in [3.05, 3.63) is 46.4 Å². The van der Waals surface area contributed by atoms with E-state index in [4.69, 9.17) is 9.84 Å². The minimum atomic E-state index is -1.00. The molecule has 2 rings (SSSR count). The maximum absolute atomic E-state index is 10.6. The van der Waals surface area contributed by atoms with Gasteiger partial charge in [-0.05, 0) is 12.1 Å². The average Bonchev–Trinajstić information content (AvgIpc) is 2.76. The minimum Gasteiger partial charge on any atom is -0.488 e. The van der Waals surface area contributed by atoms with Gasteiger partial charge < -0.3 is 9.84 Å². The number of para-hydroxylation sites is 1. The summed E-state index contributed by atoms with van der Waals surface area (Å²) in [6.07, 6.45) is 1.52. The van der Waals surface area contributed by atoms with Crippen LogP contribution in [0.5, 0.6) is 5.75 Å². The lowest BCUT2D eigenvalue weighted by Gasteiger charge is -2.02. The third-order valence-corrected chi connectivity index (χ3v) is 2.82. The van der Waals surface area contributed by atoms with Crippen molar-refractivity contribution >= 4 is 17.3 Å². The number of carbonyl (C=O) groups is 1. The van der Waals surface area contributed by atoms with Crippen LogP contribution < -0.4 is 4.74 Å².